The number of hydrogen-bond donors (Lipinski definition) is 2. The molecule has 24 heavy (non-hydrogen) atoms. The molecule has 1 atom stereocenters. The molecule has 1 aromatic carbocycles. The highest BCUT2D eigenvalue weighted by Crippen LogP contribution is 2.39. The number of aliphatic hydroxyl groups is 1. The highest BCUT2D eigenvalue weighted by molar-refractivity contribution is 6.14. The Kier molecular flexibility index (Phi) is 4.12. The molecule has 124 valence electrons. The molecule has 0 bridgehead atoms. The lowest BCUT2D eigenvalue weighted by atomic mass is 9.95. The fourth-order valence-corrected chi connectivity index (χ4v) is 2.90. The lowest BCUT2D eigenvalue weighted by molar-refractivity contribution is -0.129. The average Bonchev–Trinajstić information content (AvgIpc) is 3.19. The van der Waals surface area contributed by atoms with Gasteiger partial charge in [0.2, 0.25) is 5.78 Å². The van der Waals surface area contributed by atoms with Gasteiger partial charge in [0, 0.05) is 6.54 Å². The van der Waals surface area contributed by atoms with Gasteiger partial charge < -0.3 is 19.5 Å². The van der Waals surface area contributed by atoms with Crippen LogP contribution in [0.2, 0.25) is 0 Å². The molecule has 2 heterocycles. The van der Waals surface area contributed by atoms with E-state index in [0.717, 1.165) is 0 Å². The molecular weight excluding hydrogens is 310 g/mol. The van der Waals surface area contributed by atoms with Gasteiger partial charge in [0.05, 0.1) is 17.9 Å². The molecule has 2 N–H and O–H groups in total. The number of hydrogen-bond acceptors (Lipinski definition) is 5. The average molecular weight is 327 g/mol. The van der Waals surface area contributed by atoms with Gasteiger partial charge in [-0.1, -0.05) is 19.1 Å². The maximum atomic E-state index is 12.7. The second-order valence-electron chi connectivity index (χ2n) is 5.56. The number of phenolic OH excluding ortho intramolecular Hbond substituents is 1. The van der Waals surface area contributed by atoms with Gasteiger partial charge in [-0.25, -0.2) is 0 Å². The molecule has 1 aliphatic rings. The number of phenols is 1. The summed E-state index contributed by atoms with van der Waals surface area (Å²) < 4.78 is 5.13. The number of amides is 1. The highest BCUT2D eigenvalue weighted by atomic mass is 16.3. The van der Waals surface area contributed by atoms with E-state index in [2.05, 4.69) is 0 Å². The zero-order valence-corrected chi connectivity index (χ0v) is 13.1. The standard InChI is InChI=1S/C18H17NO5/c1-2-9-19-15(11-5-7-12(20)8-6-11)14(17(22)18(19)23)16(21)13-4-3-10-24-13/h3-8,10,15,20,22H,2,9H2,1H3. The zero-order valence-electron chi connectivity index (χ0n) is 13.1. The van der Waals surface area contributed by atoms with E-state index in [4.69, 9.17) is 4.42 Å². The predicted molar refractivity (Wildman–Crippen MR) is 85.5 cm³/mol. The Bertz CT molecular complexity index is 789. The van der Waals surface area contributed by atoms with E-state index >= 15 is 0 Å². The van der Waals surface area contributed by atoms with Crippen LogP contribution in [0.1, 0.15) is 35.5 Å². The monoisotopic (exact) mass is 327 g/mol. The lowest BCUT2D eigenvalue weighted by Crippen LogP contribution is -2.31. The Morgan fingerprint density at radius 1 is 1.21 bits per heavy atom. The smallest absolute Gasteiger partial charge is 0.290 e. The molecule has 0 radical (unpaired) electrons. The number of nitrogens with zero attached hydrogens (tertiary/aromatic N) is 1. The molecule has 1 unspecified atom stereocenters. The normalized spacial score (nSPS) is 17.6. The number of ketones is 1. The molecule has 0 fully saturated rings. The van der Waals surface area contributed by atoms with Gasteiger partial charge >= 0.3 is 0 Å². The third-order valence-electron chi connectivity index (χ3n) is 3.97. The van der Waals surface area contributed by atoms with Crippen molar-refractivity contribution < 1.29 is 24.2 Å². The molecule has 2 aromatic rings. The van der Waals surface area contributed by atoms with Gasteiger partial charge in [0.1, 0.15) is 5.75 Å². The summed E-state index contributed by atoms with van der Waals surface area (Å²) in [4.78, 5) is 26.6. The van der Waals surface area contributed by atoms with E-state index in [-0.39, 0.29) is 17.1 Å². The van der Waals surface area contributed by atoms with Crippen LogP contribution in [0.5, 0.6) is 5.75 Å². The Morgan fingerprint density at radius 2 is 1.92 bits per heavy atom. The number of aliphatic hydroxyl groups excluding tert-OH is 1. The molecule has 0 aliphatic carbocycles. The second kappa shape index (κ2) is 6.23. The Morgan fingerprint density at radius 3 is 2.50 bits per heavy atom. The fraction of sp³-hybridized carbons (Fsp3) is 0.222. The summed E-state index contributed by atoms with van der Waals surface area (Å²) in [5, 5.41) is 19.8. The summed E-state index contributed by atoms with van der Waals surface area (Å²) >= 11 is 0. The molecule has 0 saturated carbocycles. The SMILES string of the molecule is CCCN1C(=O)C(O)=C(C(=O)c2ccco2)C1c1ccc(O)cc1. The second-order valence-corrected chi connectivity index (χ2v) is 5.56. The Balaban J connectivity index is 2.10. The lowest BCUT2D eigenvalue weighted by Gasteiger charge is -2.26. The van der Waals surface area contributed by atoms with Crippen LogP contribution in [0.25, 0.3) is 0 Å². The van der Waals surface area contributed by atoms with Gasteiger partial charge in [0.15, 0.2) is 11.5 Å². The maximum Gasteiger partial charge on any atom is 0.290 e. The Hall–Kier alpha value is -3.02. The van der Waals surface area contributed by atoms with Crippen LogP contribution in [0, 0.1) is 0 Å². The van der Waals surface area contributed by atoms with Gasteiger partial charge in [0.25, 0.3) is 5.91 Å². The zero-order chi connectivity index (χ0) is 17.3. The van der Waals surface area contributed by atoms with Crippen LogP contribution < -0.4 is 0 Å². The molecular formula is C18H17NO5. The minimum atomic E-state index is -0.712. The number of rotatable bonds is 5. The van der Waals surface area contributed by atoms with Crippen molar-refractivity contribution in [3.63, 3.8) is 0 Å². The van der Waals surface area contributed by atoms with Crippen LogP contribution >= 0.6 is 0 Å². The largest absolute Gasteiger partial charge is 0.508 e. The predicted octanol–water partition coefficient (Wildman–Crippen LogP) is 2.97. The van der Waals surface area contributed by atoms with Gasteiger partial charge in [-0.2, -0.15) is 0 Å². The molecule has 0 saturated heterocycles. The van der Waals surface area contributed by atoms with E-state index in [9.17, 15) is 19.8 Å². The number of benzene rings is 1. The molecule has 6 nitrogen and oxygen atoms in total. The van der Waals surface area contributed by atoms with Crippen molar-refractivity contribution in [2.75, 3.05) is 6.54 Å². The molecule has 0 spiro atoms. The first-order valence-corrected chi connectivity index (χ1v) is 7.65. The van der Waals surface area contributed by atoms with Crippen molar-refractivity contribution in [2.45, 2.75) is 19.4 Å². The summed E-state index contributed by atoms with van der Waals surface area (Å²) in [5.41, 5.74) is 0.627. The third-order valence-corrected chi connectivity index (χ3v) is 3.97. The van der Waals surface area contributed by atoms with E-state index in [0.29, 0.717) is 18.5 Å². The highest BCUT2D eigenvalue weighted by Gasteiger charge is 2.43. The number of carbonyl (C=O) groups excluding carboxylic acids is 2. The van der Waals surface area contributed by atoms with Crippen molar-refractivity contribution >= 4 is 11.7 Å². The summed E-state index contributed by atoms with van der Waals surface area (Å²) in [6.45, 7) is 2.30. The van der Waals surface area contributed by atoms with Crippen molar-refractivity contribution in [3.05, 3.63) is 65.3 Å². The first-order valence-electron chi connectivity index (χ1n) is 7.65. The molecule has 6 heteroatoms. The van der Waals surface area contributed by atoms with Crippen molar-refractivity contribution in [3.8, 4) is 5.75 Å². The number of aromatic hydroxyl groups is 1. The van der Waals surface area contributed by atoms with Gasteiger partial charge in [-0.3, -0.25) is 9.59 Å². The van der Waals surface area contributed by atoms with Gasteiger partial charge in [-0.15, -0.1) is 0 Å². The Labute approximate surface area is 138 Å². The minimum absolute atomic E-state index is 0.00547. The molecule has 1 amide bonds. The van der Waals surface area contributed by atoms with Crippen LogP contribution in [-0.2, 0) is 4.79 Å². The van der Waals surface area contributed by atoms with Crippen molar-refractivity contribution in [2.24, 2.45) is 0 Å². The molecule has 1 aliphatic heterocycles. The van der Waals surface area contributed by atoms with Crippen LogP contribution in [0.3, 0.4) is 0 Å². The summed E-state index contributed by atoms with van der Waals surface area (Å²) in [5.74, 6) is -1.51. The first-order chi connectivity index (χ1) is 11.5. The molecule has 3 rings (SSSR count). The number of Topliss-reactive ketones (excluding diaryl/α,β-unsaturated/α-hetero) is 1. The van der Waals surface area contributed by atoms with E-state index in [1.807, 2.05) is 6.92 Å². The molecule has 1 aromatic heterocycles. The van der Waals surface area contributed by atoms with Crippen LogP contribution in [0.15, 0.2) is 58.4 Å². The maximum absolute atomic E-state index is 12.7. The quantitative estimate of drug-likeness (QED) is 0.824. The van der Waals surface area contributed by atoms with Crippen molar-refractivity contribution in [1.82, 2.24) is 4.90 Å². The summed E-state index contributed by atoms with van der Waals surface area (Å²) in [6.07, 6.45) is 2.04. The first kappa shape index (κ1) is 15.9. The van der Waals surface area contributed by atoms with Crippen molar-refractivity contribution in [1.29, 1.82) is 0 Å². The van der Waals surface area contributed by atoms with E-state index in [1.165, 1.54) is 29.4 Å². The number of furan rings is 1. The minimum Gasteiger partial charge on any atom is -0.508 e. The van der Waals surface area contributed by atoms with Gasteiger partial charge in [-0.05, 0) is 36.2 Å². The topological polar surface area (TPSA) is 91.0 Å². The van der Waals surface area contributed by atoms with E-state index in [1.54, 1.807) is 18.2 Å². The van der Waals surface area contributed by atoms with E-state index < -0.39 is 23.5 Å². The number of carbonyl (C=O) groups is 2. The fourth-order valence-electron chi connectivity index (χ4n) is 2.90. The summed E-state index contributed by atoms with van der Waals surface area (Å²) in [6, 6.07) is 8.57. The van der Waals surface area contributed by atoms with Crippen LogP contribution in [0.4, 0.5) is 0 Å². The van der Waals surface area contributed by atoms with Crippen LogP contribution in [-0.4, -0.2) is 33.3 Å². The third kappa shape index (κ3) is 2.56. The summed E-state index contributed by atoms with van der Waals surface area (Å²) in [7, 11) is 0.